The first-order valence-electron chi connectivity index (χ1n) is 11.2. The standard InChI is InChI=1S/C24H26N7O3Si/c1-4-34-22(33)18-13-26-23(28-20-10-19-16(11-25-20)12-27-31(19)15(2)3)29-21(18)30-24(35,14-32)17-8-6-5-7-9-17/h5-13,15,32H,4,14H2,1-3H3,(H2,25,26,28,29,30)/t24-/m1/s1. The van der Waals surface area contributed by atoms with Gasteiger partial charge in [0, 0.05) is 29.9 Å². The van der Waals surface area contributed by atoms with Crippen molar-refractivity contribution in [1.29, 1.82) is 0 Å². The summed E-state index contributed by atoms with van der Waals surface area (Å²) in [5, 5.41) is 20.6. The molecule has 179 valence electrons. The molecule has 10 nitrogen and oxygen atoms in total. The summed E-state index contributed by atoms with van der Waals surface area (Å²) < 4.78 is 7.08. The maximum absolute atomic E-state index is 12.6. The molecule has 3 heterocycles. The third-order valence-corrected chi connectivity index (χ3v) is 5.90. The van der Waals surface area contributed by atoms with Crippen molar-refractivity contribution in [1.82, 2.24) is 24.7 Å². The van der Waals surface area contributed by atoms with Gasteiger partial charge in [-0.3, -0.25) is 4.68 Å². The van der Waals surface area contributed by atoms with Crippen LogP contribution in [-0.4, -0.2) is 59.3 Å². The van der Waals surface area contributed by atoms with Crippen LogP contribution in [0.2, 0.25) is 0 Å². The number of hydrogen-bond acceptors (Lipinski definition) is 9. The van der Waals surface area contributed by atoms with Gasteiger partial charge in [-0.2, -0.15) is 10.1 Å². The van der Waals surface area contributed by atoms with E-state index in [0.717, 1.165) is 16.5 Å². The smallest absolute Gasteiger partial charge is 0.343 e. The van der Waals surface area contributed by atoms with Crippen LogP contribution in [0.4, 0.5) is 17.6 Å². The SMILES string of the molecule is CCOC(=O)c1cnc(Nc2cc3c(cn2)cnn3C(C)C)nc1N[C@@]([Si])(CO)c1ccccc1. The van der Waals surface area contributed by atoms with E-state index in [9.17, 15) is 9.90 Å². The summed E-state index contributed by atoms with van der Waals surface area (Å²) in [6.45, 7) is 5.70. The van der Waals surface area contributed by atoms with Gasteiger partial charge in [-0.05, 0) is 26.3 Å². The molecule has 35 heavy (non-hydrogen) atoms. The number of hydrogen-bond donors (Lipinski definition) is 3. The van der Waals surface area contributed by atoms with Crippen molar-refractivity contribution >= 4 is 44.7 Å². The van der Waals surface area contributed by atoms with Crippen LogP contribution in [0.3, 0.4) is 0 Å². The van der Waals surface area contributed by atoms with E-state index in [1.54, 1.807) is 19.3 Å². The van der Waals surface area contributed by atoms with Crippen molar-refractivity contribution in [3.63, 3.8) is 0 Å². The summed E-state index contributed by atoms with van der Waals surface area (Å²) in [4.78, 5) is 25.8. The number of aliphatic hydroxyl groups is 1. The molecule has 0 aliphatic heterocycles. The van der Waals surface area contributed by atoms with Crippen LogP contribution in [0, 0.1) is 0 Å². The van der Waals surface area contributed by atoms with E-state index in [1.807, 2.05) is 41.1 Å². The summed E-state index contributed by atoms with van der Waals surface area (Å²) in [6, 6.07) is 11.3. The summed E-state index contributed by atoms with van der Waals surface area (Å²) >= 11 is 0. The average Bonchev–Trinajstić information content (AvgIpc) is 3.28. The Morgan fingerprint density at radius 2 is 1.97 bits per heavy atom. The molecule has 0 fully saturated rings. The second-order valence-electron chi connectivity index (χ2n) is 8.17. The summed E-state index contributed by atoms with van der Waals surface area (Å²) in [5.74, 6) is 0.330. The number of nitrogens with one attached hydrogen (secondary N) is 2. The van der Waals surface area contributed by atoms with E-state index in [1.165, 1.54) is 6.20 Å². The van der Waals surface area contributed by atoms with Crippen LogP contribution in [-0.2, 0) is 9.90 Å². The normalized spacial score (nSPS) is 13.0. The van der Waals surface area contributed by atoms with E-state index in [4.69, 9.17) is 4.74 Å². The first kappa shape index (κ1) is 24.3. The highest BCUT2D eigenvalue weighted by atomic mass is 28.1. The lowest BCUT2D eigenvalue weighted by Crippen LogP contribution is -2.40. The number of pyridine rings is 1. The Balaban J connectivity index is 1.70. The maximum Gasteiger partial charge on any atom is 0.343 e. The molecule has 3 radical (unpaired) electrons. The Hall–Kier alpha value is -3.83. The minimum atomic E-state index is -1.10. The number of benzene rings is 1. The van der Waals surface area contributed by atoms with Gasteiger partial charge in [0.2, 0.25) is 5.95 Å². The molecular formula is C24H26N7O3Si. The van der Waals surface area contributed by atoms with Crippen LogP contribution >= 0.6 is 0 Å². The molecule has 4 aromatic rings. The Labute approximate surface area is 206 Å². The van der Waals surface area contributed by atoms with Crippen LogP contribution in [0.25, 0.3) is 10.9 Å². The summed E-state index contributed by atoms with van der Waals surface area (Å²) in [6.07, 6.45) is 4.87. The molecule has 0 amide bonds. The first-order valence-corrected chi connectivity index (χ1v) is 11.7. The zero-order valence-electron chi connectivity index (χ0n) is 19.7. The Morgan fingerprint density at radius 3 is 2.66 bits per heavy atom. The second-order valence-corrected chi connectivity index (χ2v) is 9.02. The van der Waals surface area contributed by atoms with Crippen molar-refractivity contribution < 1.29 is 14.6 Å². The number of carbonyl (C=O) groups is 1. The van der Waals surface area contributed by atoms with Crippen molar-refractivity contribution in [2.24, 2.45) is 0 Å². The lowest BCUT2D eigenvalue weighted by molar-refractivity contribution is 0.0526. The quantitative estimate of drug-likeness (QED) is 0.240. The molecule has 4 rings (SSSR count). The summed E-state index contributed by atoms with van der Waals surface area (Å²) in [7, 11) is 3.64. The molecule has 0 saturated heterocycles. The van der Waals surface area contributed by atoms with Gasteiger partial charge in [0.15, 0.2) is 0 Å². The number of nitrogens with zero attached hydrogens (tertiary/aromatic N) is 5. The third-order valence-electron chi connectivity index (χ3n) is 5.33. The number of aliphatic hydroxyl groups excluding tert-OH is 1. The zero-order chi connectivity index (χ0) is 25.0. The number of fused-ring (bicyclic) bond motifs is 1. The minimum absolute atomic E-state index is 0.130. The lowest BCUT2D eigenvalue weighted by atomic mass is 10.1. The lowest BCUT2D eigenvalue weighted by Gasteiger charge is -2.30. The number of ether oxygens (including phenoxy) is 1. The van der Waals surface area contributed by atoms with Crippen LogP contribution < -0.4 is 10.6 Å². The summed E-state index contributed by atoms with van der Waals surface area (Å²) in [5.41, 5.74) is 1.80. The van der Waals surface area contributed by atoms with Gasteiger partial charge in [-0.25, -0.2) is 14.8 Å². The fraction of sp³-hybridized carbons (Fsp3) is 0.292. The van der Waals surface area contributed by atoms with Gasteiger partial charge in [0.1, 0.15) is 17.2 Å². The molecule has 0 saturated carbocycles. The maximum atomic E-state index is 12.6. The Kier molecular flexibility index (Phi) is 7.08. The third kappa shape index (κ3) is 5.15. The van der Waals surface area contributed by atoms with Crippen LogP contribution in [0.5, 0.6) is 0 Å². The Morgan fingerprint density at radius 1 is 1.20 bits per heavy atom. The van der Waals surface area contributed by atoms with E-state index >= 15 is 0 Å². The van der Waals surface area contributed by atoms with Crippen LogP contribution in [0.15, 0.2) is 55.0 Å². The number of rotatable bonds is 9. The van der Waals surface area contributed by atoms with Crippen molar-refractivity contribution in [3.05, 3.63) is 66.1 Å². The molecule has 1 aromatic carbocycles. The minimum Gasteiger partial charge on any atom is -0.462 e. The monoisotopic (exact) mass is 488 g/mol. The van der Waals surface area contributed by atoms with Crippen molar-refractivity contribution in [3.8, 4) is 0 Å². The predicted molar refractivity (Wildman–Crippen MR) is 134 cm³/mol. The van der Waals surface area contributed by atoms with Gasteiger partial charge < -0.3 is 20.5 Å². The molecule has 0 aliphatic carbocycles. The van der Waals surface area contributed by atoms with E-state index < -0.39 is 11.1 Å². The number of esters is 1. The van der Waals surface area contributed by atoms with Crippen LogP contribution in [0.1, 0.15) is 42.7 Å². The molecule has 0 bridgehead atoms. The van der Waals surface area contributed by atoms with Gasteiger partial charge in [0.05, 0.1) is 40.3 Å². The highest BCUT2D eigenvalue weighted by Gasteiger charge is 2.29. The topological polar surface area (TPSA) is 127 Å². The average molecular weight is 489 g/mol. The molecule has 0 aliphatic rings. The highest BCUT2D eigenvalue weighted by Crippen LogP contribution is 2.27. The van der Waals surface area contributed by atoms with Crippen molar-refractivity contribution in [2.45, 2.75) is 32.0 Å². The van der Waals surface area contributed by atoms with Gasteiger partial charge in [-0.1, -0.05) is 30.3 Å². The molecule has 1 atom stereocenters. The fourth-order valence-electron chi connectivity index (χ4n) is 3.56. The van der Waals surface area contributed by atoms with Gasteiger partial charge >= 0.3 is 5.97 Å². The molecule has 0 spiro atoms. The molecule has 11 heteroatoms. The van der Waals surface area contributed by atoms with Gasteiger partial charge in [-0.15, -0.1) is 0 Å². The van der Waals surface area contributed by atoms with Gasteiger partial charge in [0.25, 0.3) is 0 Å². The first-order chi connectivity index (χ1) is 16.8. The predicted octanol–water partition coefficient (Wildman–Crippen LogP) is 3.15. The van der Waals surface area contributed by atoms with E-state index in [0.29, 0.717) is 5.82 Å². The number of anilines is 3. The fourth-order valence-corrected chi connectivity index (χ4v) is 3.84. The second kappa shape index (κ2) is 10.2. The highest BCUT2D eigenvalue weighted by molar-refractivity contribution is 6.17. The number of aromatic nitrogens is 5. The molecule has 3 aromatic heterocycles. The largest absolute Gasteiger partial charge is 0.462 e. The molecular weight excluding hydrogens is 462 g/mol. The van der Waals surface area contributed by atoms with E-state index in [2.05, 4.69) is 54.8 Å². The Bertz CT molecular complexity index is 1330. The molecule has 0 unspecified atom stereocenters. The number of carbonyl (C=O) groups excluding carboxylic acids is 1. The van der Waals surface area contributed by atoms with E-state index in [-0.39, 0.29) is 36.6 Å². The van der Waals surface area contributed by atoms with Crippen molar-refractivity contribution in [2.75, 3.05) is 23.8 Å². The zero-order valence-corrected chi connectivity index (χ0v) is 20.7. The molecule has 3 N–H and O–H groups in total.